The molecule has 0 radical (unpaired) electrons. The van der Waals surface area contributed by atoms with E-state index in [2.05, 4.69) is 5.10 Å². The van der Waals surface area contributed by atoms with Gasteiger partial charge in [0.2, 0.25) is 0 Å². The number of amides is 1. The Balaban J connectivity index is 2.09. The van der Waals surface area contributed by atoms with Crippen LogP contribution in [0.4, 0.5) is 0 Å². The van der Waals surface area contributed by atoms with Crippen molar-refractivity contribution in [1.29, 1.82) is 0 Å². The second kappa shape index (κ2) is 5.46. The van der Waals surface area contributed by atoms with Gasteiger partial charge in [-0.05, 0) is 30.2 Å². The highest BCUT2D eigenvalue weighted by Crippen LogP contribution is 2.16. The summed E-state index contributed by atoms with van der Waals surface area (Å²) in [5, 5.41) is 23.2. The first kappa shape index (κ1) is 12.3. The van der Waals surface area contributed by atoms with Crippen LogP contribution >= 0.6 is 0 Å². The fourth-order valence-electron chi connectivity index (χ4n) is 1.62. The zero-order valence-electron chi connectivity index (χ0n) is 9.78. The maximum Gasteiger partial charge on any atom is 0.275 e. The highest BCUT2D eigenvalue weighted by atomic mass is 16.3. The third kappa shape index (κ3) is 2.75. The Morgan fingerprint density at radius 3 is 2.67 bits per heavy atom. The van der Waals surface area contributed by atoms with Crippen molar-refractivity contribution in [3.05, 3.63) is 35.4 Å². The molecule has 1 amide bonds. The molecule has 2 rings (SSSR count). The minimum Gasteiger partial charge on any atom is -0.508 e. The molecule has 1 aliphatic heterocycles. The second-order valence-electron chi connectivity index (χ2n) is 3.94. The zero-order valence-corrected chi connectivity index (χ0v) is 9.78. The number of nitrogens with zero attached hydrogens (tertiary/aromatic N) is 2. The fourth-order valence-corrected chi connectivity index (χ4v) is 1.62. The standard InChI is InChI=1S/C13H14N2O3/c16-7-1-6-15-13(18)11(9-14-15)8-10-2-4-12(17)5-3-10/h2-5,8-9,16-17H,1,6-7H2. The molecule has 5 nitrogen and oxygen atoms in total. The Kier molecular flexibility index (Phi) is 3.74. The molecule has 0 spiro atoms. The van der Waals surface area contributed by atoms with Crippen molar-refractivity contribution in [1.82, 2.24) is 5.01 Å². The van der Waals surface area contributed by atoms with Gasteiger partial charge in [0, 0.05) is 13.2 Å². The smallest absolute Gasteiger partial charge is 0.275 e. The van der Waals surface area contributed by atoms with E-state index >= 15 is 0 Å². The Labute approximate surface area is 105 Å². The SMILES string of the molecule is O=C1C(=Cc2ccc(O)cc2)C=NN1CCCO. The lowest BCUT2D eigenvalue weighted by Crippen LogP contribution is -2.23. The van der Waals surface area contributed by atoms with Crippen LogP contribution in [0.15, 0.2) is 34.9 Å². The van der Waals surface area contributed by atoms with Crippen molar-refractivity contribution in [3.8, 4) is 5.75 Å². The number of hydrazone groups is 1. The number of phenols is 1. The van der Waals surface area contributed by atoms with Crippen LogP contribution in [0.5, 0.6) is 5.75 Å². The third-order valence-electron chi connectivity index (χ3n) is 2.56. The molecular weight excluding hydrogens is 232 g/mol. The van der Waals surface area contributed by atoms with Crippen molar-refractivity contribution in [2.75, 3.05) is 13.2 Å². The molecule has 1 aliphatic rings. The summed E-state index contributed by atoms with van der Waals surface area (Å²) >= 11 is 0. The van der Waals surface area contributed by atoms with Crippen molar-refractivity contribution >= 4 is 18.2 Å². The lowest BCUT2D eigenvalue weighted by molar-refractivity contribution is -0.125. The Bertz CT molecular complexity index is 491. The molecule has 94 valence electrons. The summed E-state index contributed by atoms with van der Waals surface area (Å²) in [6, 6.07) is 6.57. The lowest BCUT2D eigenvalue weighted by atomic mass is 10.1. The first-order chi connectivity index (χ1) is 8.70. The number of carbonyl (C=O) groups is 1. The van der Waals surface area contributed by atoms with Gasteiger partial charge in [-0.2, -0.15) is 5.10 Å². The molecular formula is C13H14N2O3. The summed E-state index contributed by atoms with van der Waals surface area (Å²) in [5.41, 5.74) is 1.32. The molecule has 18 heavy (non-hydrogen) atoms. The first-order valence-electron chi connectivity index (χ1n) is 5.68. The molecule has 1 heterocycles. The van der Waals surface area contributed by atoms with Gasteiger partial charge in [0.05, 0.1) is 11.8 Å². The monoisotopic (exact) mass is 246 g/mol. The summed E-state index contributed by atoms with van der Waals surface area (Å²) < 4.78 is 0. The summed E-state index contributed by atoms with van der Waals surface area (Å²) in [4.78, 5) is 11.9. The molecule has 0 saturated carbocycles. The minimum atomic E-state index is -0.170. The Morgan fingerprint density at radius 1 is 1.28 bits per heavy atom. The van der Waals surface area contributed by atoms with Crippen LogP contribution in [0.3, 0.4) is 0 Å². The van der Waals surface area contributed by atoms with E-state index in [4.69, 9.17) is 10.2 Å². The Hall–Kier alpha value is -2.14. The van der Waals surface area contributed by atoms with Gasteiger partial charge in [-0.3, -0.25) is 4.79 Å². The number of rotatable bonds is 4. The summed E-state index contributed by atoms with van der Waals surface area (Å²) in [7, 11) is 0. The zero-order chi connectivity index (χ0) is 13.0. The van der Waals surface area contributed by atoms with Crippen molar-refractivity contribution in [3.63, 3.8) is 0 Å². The third-order valence-corrected chi connectivity index (χ3v) is 2.56. The van der Waals surface area contributed by atoms with Crippen LogP contribution in [0.1, 0.15) is 12.0 Å². The van der Waals surface area contributed by atoms with E-state index in [1.165, 1.54) is 11.2 Å². The normalized spacial score (nSPS) is 16.8. The van der Waals surface area contributed by atoms with Gasteiger partial charge < -0.3 is 10.2 Å². The van der Waals surface area contributed by atoms with Crippen LogP contribution in [-0.4, -0.2) is 40.5 Å². The molecule has 0 atom stereocenters. The number of aliphatic hydroxyl groups is 1. The van der Waals surface area contributed by atoms with E-state index in [1.807, 2.05) is 0 Å². The molecule has 0 saturated heterocycles. The topological polar surface area (TPSA) is 73.1 Å². The maximum atomic E-state index is 11.9. The van der Waals surface area contributed by atoms with E-state index in [0.717, 1.165) is 5.56 Å². The van der Waals surface area contributed by atoms with Crippen LogP contribution in [-0.2, 0) is 4.79 Å². The molecule has 2 N–H and O–H groups in total. The molecule has 0 aliphatic carbocycles. The van der Waals surface area contributed by atoms with Gasteiger partial charge >= 0.3 is 0 Å². The van der Waals surface area contributed by atoms with E-state index in [0.29, 0.717) is 18.5 Å². The van der Waals surface area contributed by atoms with E-state index in [1.54, 1.807) is 30.3 Å². The molecule has 0 unspecified atom stereocenters. The van der Waals surface area contributed by atoms with E-state index in [9.17, 15) is 4.79 Å². The van der Waals surface area contributed by atoms with Crippen molar-refractivity contribution in [2.45, 2.75) is 6.42 Å². The molecule has 0 bridgehead atoms. The lowest BCUT2D eigenvalue weighted by Gasteiger charge is -2.10. The minimum absolute atomic E-state index is 0.0380. The van der Waals surface area contributed by atoms with Gasteiger partial charge in [0.1, 0.15) is 5.75 Å². The number of hydrogen-bond donors (Lipinski definition) is 2. The van der Waals surface area contributed by atoms with Gasteiger partial charge in [0.15, 0.2) is 0 Å². The molecule has 1 aromatic carbocycles. The van der Waals surface area contributed by atoms with Gasteiger partial charge in [-0.1, -0.05) is 12.1 Å². The molecule has 0 aromatic heterocycles. The van der Waals surface area contributed by atoms with Crippen molar-refractivity contribution < 1.29 is 15.0 Å². The van der Waals surface area contributed by atoms with Gasteiger partial charge in [0.25, 0.3) is 5.91 Å². The molecule has 0 fully saturated rings. The summed E-state index contributed by atoms with van der Waals surface area (Å²) in [6.07, 6.45) is 3.73. The number of hydrogen-bond acceptors (Lipinski definition) is 4. The average Bonchev–Trinajstić information content (AvgIpc) is 2.71. The predicted molar refractivity (Wildman–Crippen MR) is 68.0 cm³/mol. The number of aliphatic hydroxyl groups excluding tert-OH is 1. The fraction of sp³-hybridized carbons (Fsp3) is 0.231. The number of benzene rings is 1. The molecule has 5 heteroatoms. The Morgan fingerprint density at radius 2 is 2.00 bits per heavy atom. The summed E-state index contributed by atoms with van der Waals surface area (Å²) in [5.74, 6) is 0.0182. The van der Waals surface area contributed by atoms with Gasteiger partial charge in [-0.25, -0.2) is 5.01 Å². The molecule has 1 aromatic rings. The number of carbonyl (C=O) groups excluding carboxylic acids is 1. The highest BCUT2D eigenvalue weighted by Gasteiger charge is 2.21. The van der Waals surface area contributed by atoms with Crippen molar-refractivity contribution in [2.24, 2.45) is 5.10 Å². The maximum absolute atomic E-state index is 11.9. The highest BCUT2D eigenvalue weighted by molar-refractivity contribution is 6.18. The second-order valence-corrected chi connectivity index (χ2v) is 3.94. The van der Waals surface area contributed by atoms with Crippen LogP contribution < -0.4 is 0 Å². The van der Waals surface area contributed by atoms with E-state index in [-0.39, 0.29) is 18.3 Å². The van der Waals surface area contributed by atoms with E-state index < -0.39 is 0 Å². The average molecular weight is 246 g/mol. The number of aromatic hydroxyl groups is 1. The largest absolute Gasteiger partial charge is 0.508 e. The number of phenolic OH excluding ortho intramolecular Hbond substituents is 1. The van der Waals surface area contributed by atoms with Crippen LogP contribution in [0.25, 0.3) is 6.08 Å². The summed E-state index contributed by atoms with van der Waals surface area (Å²) in [6.45, 7) is 0.453. The quantitative estimate of drug-likeness (QED) is 0.778. The van der Waals surface area contributed by atoms with Gasteiger partial charge in [-0.15, -0.1) is 0 Å². The van der Waals surface area contributed by atoms with Crippen LogP contribution in [0.2, 0.25) is 0 Å². The predicted octanol–water partition coefficient (Wildman–Crippen LogP) is 0.986. The first-order valence-corrected chi connectivity index (χ1v) is 5.68. The van der Waals surface area contributed by atoms with Crippen LogP contribution in [0, 0.1) is 0 Å².